The van der Waals surface area contributed by atoms with Gasteiger partial charge >= 0.3 is 0 Å². The van der Waals surface area contributed by atoms with Crippen LogP contribution in [0.4, 0.5) is 0 Å². The van der Waals surface area contributed by atoms with Gasteiger partial charge in [0.25, 0.3) is 0 Å². The van der Waals surface area contributed by atoms with Crippen LogP contribution in [0.25, 0.3) is 36.7 Å². The van der Waals surface area contributed by atoms with Crippen LogP contribution in [0, 0.1) is 0 Å². The largest absolute Gasteiger partial charge is 0.288 e. The van der Waals surface area contributed by atoms with E-state index in [0.29, 0.717) is 11.1 Å². The predicted molar refractivity (Wildman–Crippen MR) is 124 cm³/mol. The van der Waals surface area contributed by atoms with E-state index < -0.39 is 0 Å². The highest BCUT2D eigenvalue weighted by molar-refractivity contribution is 7.29. The first-order valence-electron chi connectivity index (χ1n) is 9.45. The molecule has 3 nitrogen and oxygen atoms in total. The minimum absolute atomic E-state index is 0.187. The van der Waals surface area contributed by atoms with E-state index in [0.717, 1.165) is 35.5 Å². The molecule has 0 saturated heterocycles. The van der Waals surface area contributed by atoms with Crippen LogP contribution < -0.4 is 0 Å². The number of benzene rings is 2. The zero-order valence-corrected chi connectivity index (χ0v) is 17.2. The van der Waals surface area contributed by atoms with Gasteiger partial charge in [-0.2, -0.15) is 0 Å². The first-order chi connectivity index (χ1) is 14.7. The normalized spacial score (nSPS) is 13.4. The summed E-state index contributed by atoms with van der Waals surface area (Å²) in [5.41, 5.74) is 2.35. The van der Waals surface area contributed by atoms with Crippen molar-refractivity contribution in [2.45, 2.75) is 0 Å². The maximum atomic E-state index is 13.0. The fourth-order valence-corrected chi connectivity index (χ4v) is 6.20. The van der Waals surface area contributed by atoms with Gasteiger partial charge in [-0.15, -0.1) is 22.7 Å². The first-order valence-corrected chi connectivity index (χ1v) is 11.1. The maximum absolute atomic E-state index is 13.0. The number of nitrogens with zero attached hydrogens (tertiary/aromatic N) is 1. The number of fused-ring (bicyclic) bond motifs is 3. The molecule has 6 rings (SSSR count). The fourth-order valence-electron chi connectivity index (χ4n) is 3.86. The average Bonchev–Trinajstić information content (AvgIpc) is 3.41. The highest BCUT2D eigenvalue weighted by Gasteiger charge is 2.33. The van der Waals surface area contributed by atoms with Gasteiger partial charge in [-0.25, -0.2) is 0 Å². The van der Waals surface area contributed by atoms with Crippen molar-refractivity contribution in [3.8, 4) is 10.4 Å². The Kier molecular flexibility index (Phi) is 3.81. The molecule has 1 aliphatic carbocycles. The monoisotopic (exact) mass is 423 g/mol. The zero-order valence-electron chi connectivity index (χ0n) is 15.6. The number of allylic oxidation sites excluding steroid dienone is 1. The molecule has 0 atom stereocenters. The van der Waals surface area contributed by atoms with Crippen molar-refractivity contribution < 1.29 is 9.59 Å². The third-order valence-corrected chi connectivity index (χ3v) is 7.61. The number of carbonyl (C=O) groups is 2. The molecule has 1 aliphatic rings. The predicted octanol–water partition coefficient (Wildman–Crippen LogP) is 6.64. The van der Waals surface area contributed by atoms with Crippen LogP contribution in [0.3, 0.4) is 0 Å². The van der Waals surface area contributed by atoms with E-state index in [1.807, 2.05) is 54.7 Å². The van der Waals surface area contributed by atoms with Crippen molar-refractivity contribution in [3.63, 3.8) is 0 Å². The van der Waals surface area contributed by atoms with Crippen molar-refractivity contribution >= 4 is 60.5 Å². The third kappa shape index (κ3) is 2.67. The van der Waals surface area contributed by atoms with Crippen molar-refractivity contribution in [1.29, 1.82) is 0 Å². The molecule has 0 N–H and O–H groups in total. The number of hydrogen-bond acceptors (Lipinski definition) is 5. The summed E-state index contributed by atoms with van der Waals surface area (Å²) in [5.74, 6) is -0.373. The summed E-state index contributed by atoms with van der Waals surface area (Å²) in [6.07, 6.45) is 5.37. The van der Waals surface area contributed by atoms with Crippen LogP contribution in [0.1, 0.15) is 25.6 Å². The Hall–Kier alpha value is -3.41. The molecule has 30 heavy (non-hydrogen) atoms. The minimum atomic E-state index is -0.187. The number of ketones is 2. The Balaban J connectivity index is 1.39. The molecule has 0 fully saturated rings. The van der Waals surface area contributed by atoms with E-state index in [1.54, 1.807) is 34.9 Å². The quantitative estimate of drug-likeness (QED) is 0.236. The van der Waals surface area contributed by atoms with Gasteiger partial charge in [0, 0.05) is 48.2 Å². The highest BCUT2D eigenvalue weighted by Crippen LogP contribution is 2.39. The summed E-state index contributed by atoms with van der Waals surface area (Å²) < 4.78 is 2.29. The Labute approximate surface area is 179 Å². The van der Waals surface area contributed by atoms with Crippen LogP contribution in [0.15, 0.2) is 78.6 Å². The van der Waals surface area contributed by atoms with Gasteiger partial charge in [-0.3, -0.25) is 14.6 Å². The molecular weight excluding hydrogens is 410 g/mol. The molecule has 0 radical (unpaired) electrons. The van der Waals surface area contributed by atoms with Crippen molar-refractivity contribution in [2.24, 2.45) is 0 Å². The molecule has 0 bridgehead atoms. The molecule has 3 aromatic heterocycles. The number of thiophene rings is 2. The Morgan fingerprint density at radius 3 is 2.10 bits per heavy atom. The van der Waals surface area contributed by atoms with Gasteiger partial charge in [0.15, 0.2) is 11.6 Å². The number of hydrogen-bond donors (Lipinski definition) is 0. The Morgan fingerprint density at radius 2 is 1.47 bits per heavy atom. The lowest BCUT2D eigenvalue weighted by Gasteiger charge is -2.00. The van der Waals surface area contributed by atoms with Crippen molar-refractivity contribution in [2.75, 3.05) is 0 Å². The first kappa shape index (κ1) is 17.4. The van der Waals surface area contributed by atoms with Crippen LogP contribution in [-0.4, -0.2) is 16.6 Å². The second-order valence-electron chi connectivity index (χ2n) is 7.19. The van der Waals surface area contributed by atoms with E-state index >= 15 is 0 Å². The van der Waals surface area contributed by atoms with Gasteiger partial charge < -0.3 is 0 Å². The Bertz CT molecular complexity index is 1440. The van der Waals surface area contributed by atoms with Crippen LogP contribution in [-0.2, 0) is 0 Å². The maximum Gasteiger partial charge on any atom is 0.197 e. The fraction of sp³-hybridized carbons (Fsp3) is 0. The number of pyridine rings is 1. The van der Waals surface area contributed by atoms with E-state index in [4.69, 9.17) is 0 Å². The van der Waals surface area contributed by atoms with Gasteiger partial charge in [0.2, 0.25) is 0 Å². The number of Topliss-reactive ketones (excluding diaryl/α,β-unsaturated/α-hetero) is 2. The molecular formula is C25H13NO2S2. The number of carbonyl (C=O) groups excluding carboxylic acids is 2. The summed E-state index contributed by atoms with van der Waals surface area (Å²) in [7, 11) is 0. The van der Waals surface area contributed by atoms with Gasteiger partial charge in [0.1, 0.15) is 0 Å². The van der Waals surface area contributed by atoms with Gasteiger partial charge in [0.05, 0.1) is 5.57 Å². The zero-order chi connectivity index (χ0) is 20.2. The molecule has 0 saturated carbocycles. The lowest BCUT2D eigenvalue weighted by atomic mass is 10.0. The molecule has 142 valence electrons. The second-order valence-corrected chi connectivity index (χ2v) is 9.39. The second kappa shape index (κ2) is 6.55. The van der Waals surface area contributed by atoms with Crippen molar-refractivity contribution in [3.05, 3.63) is 94.6 Å². The molecule has 2 aromatic carbocycles. The SMILES string of the molecule is O=C1C(=Cc2cc3sc(-c4cccnc4)cc3s2)C(=O)c2cc3ccccc3cc21. The summed E-state index contributed by atoms with van der Waals surface area (Å²) in [6.45, 7) is 0. The summed E-state index contributed by atoms with van der Waals surface area (Å²) in [5, 5.41) is 1.94. The standard InChI is InChI=1S/C25H13NO2S2/c27-24-18-8-14-4-1-2-5-15(14)9-19(18)25(28)20(24)10-17-11-22-23(29-17)12-21(30-22)16-6-3-7-26-13-16/h1-13H. The van der Waals surface area contributed by atoms with E-state index in [1.165, 1.54) is 0 Å². The molecule has 5 aromatic rings. The molecule has 0 spiro atoms. The van der Waals surface area contributed by atoms with Crippen LogP contribution in [0.5, 0.6) is 0 Å². The van der Waals surface area contributed by atoms with E-state index in [2.05, 4.69) is 17.1 Å². The molecule has 5 heteroatoms. The van der Waals surface area contributed by atoms with Crippen LogP contribution in [0.2, 0.25) is 0 Å². The van der Waals surface area contributed by atoms with Crippen molar-refractivity contribution in [1.82, 2.24) is 4.98 Å². The van der Waals surface area contributed by atoms with Crippen LogP contribution >= 0.6 is 22.7 Å². The van der Waals surface area contributed by atoms with E-state index in [-0.39, 0.29) is 17.1 Å². The number of aromatic nitrogens is 1. The Morgan fingerprint density at radius 1 is 0.767 bits per heavy atom. The smallest absolute Gasteiger partial charge is 0.197 e. The molecule has 0 aliphatic heterocycles. The lowest BCUT2D eigenvalue weighted by molar-refractivity contribution is 0.0990. The van der Waals surface area contributed by atoms with E-state index in [9.17, 15) is 9.59 Å². The summed E-state index contributed by atoms with van der Waals surface area (Å²) in [4.78, 5) is 32.2. The summed E-state index contributed by atoms with van der Waals surface area (Å²) in [6, 6.07) is 19.6. The molecule has 0 unspecified atom stereocenters. The molecule has 0 amide bonds. The average molecular weight is 424 g/mol. The van der Waals surface area contributed by atoms with Gasteiger partial charge in [-0.05, 0) is 47.2 Å². The molecule has 3 heterocycles. The highest BCUT2D eigenvalue weighted by atomic mass is 32.1. The lowest BCUT2D eigenvalue weighted by Crippen LogP contribution is -1.99. The minimum Gasteiger partial charge on any atom is -0.288 e. The van der Waals surface area contributed by atoms with Gasteiger partial charge in [-0.1, -0.05) is 30.3 Å². The summed E-state index contributed by atoms with van der Waals surface area (Å²) >= 11 is 3.29. The number of rotatable bonds is 2. The topological polar surface area (TPSA) is 47.0 Å². The third-order valence-electron chi connectivity index (χ3n) is 5.32.